The lowest BCUT2D eigenvalue weighted by molar-refractivity contribution is 0.0979. The van der Waals surface area contributed by atoms with Crippen molar-refractivity contribution >= 4 is 22.9 Å². The number of carbonyl (C=O) groups is 2. The zero-order valence-electron chi connectivity index (χ0n) is 16.0. The fourth-order valence-electron chi connectivity index (χ4n) is 3.66. The van der Waals surface area contributed by atoms with Crippen LogP contribution in [0.4, 0.5) is 11.4 Å². The summed E-state index contributed by atoms with van der Waals surface area (Å²) in [4.78, 5) is 26.5. The van der Waals surface area contributed by atoms with Gasteiger partial charge in [0.2, 0.25) is 0 Å². The van der Waals surface area contributed by atoms with Crippen LogP contribution < -0.4 is 10.1 Å². The molecular weight excluding hydrogens is 374 g/mol. The number of para-hydroxylation sites is 2. The Labute approximate surface area is 173 Å². The fraction of sp³-hybridized carbons (Fsp3) is 0. The van der Waals surface area contributed by atoms with Gasteiger partial charge in [0.05, 0.1) is 11.3 Å². The van der Waals surface area contributed by atoms with Crippen LogP contribution in [0.15, 0.2) is 97.1 Å². The molecule has 144 valence electrons. The lowest BCUT2D eigenvalue weighted by Crippen LogP contribution is -2.22. The van der Waals surface area contributed by atoms with Crippen molar-refractivity contribution in [2.24, 2.45) is 0 Å². The van der Waals surface area contributed by atoms with Gasteiger partial charge in [-0.25, -0.2) is 0 Å². The Morgan fingerprint density at radius 2 is 1.17 bits per heavy atom. The van der Waals surface area contributed by atoms with Gasteiger partial charge in [-0.3, -0.25) is 9.59 Å². The summed E-state index contributed by atoms with van der Waals surface area (Å²) in [5, 5.41) is 3.30. The van der Waals surface area contributed by atoms with Crippen molar-refractivity contribution in [2.45, 2.75) is 0 Å². The SMILES string of the molecule is O=C1c2ccccc2C(=O)c2c1ccc(Oc1ccccc1)c2Nc1ccccc1. The fourth-order valence-corrected chi connectivity index (χ4v) is 3.66. The van der Waals surface area contributed by atoms with Gasteiger partial charge in [0.1, 0.15) is 5.75 Å². The molecule has 0 bridgehead atoms. The van der Waals surface area contributed by atoms with E-state index in [-0.39, 0.29) is 11.6 Å². The van der Waals surface area contributed by atoms with Crippen molar-refractivity contribution in [3.63, 3.8) is 0 Å². The average molecular weight is 391 g/mol. The molecule has 4 aromatic rings. The number of hydrogen-bond donors (Lipinski definition) is 1. The smallest absolute Gasteiger partial charge is 0.196 e. The highest BCUT2D eigenvalue weighted by atomic mass is 16.5. The van der Waals surface area contributed by atoms with Gasteiger partial charge in [0, 0.05) is 22.4 Å². The largest absolute Gasteiger partial charge is 0.455 e. The van der Waals surface area contributed by atoms with Crippen LogP contribution in [0.25, 0.3) is 0 Å². The van der Waals surface area contributed by atoms with E-state index in [0.29, 0.717) is 39.4 Å². The van der Waals surface area contributed by atoms with E-state index in [4.69, 9.17) is 4.74 Å². The Bertz CT molecular complexity index is 1260. The van der Waals surface area contributed by atoms with Crippen LogP contribution in [-0.2, 0) is 0 Å². The second-order valence-corrected chi connectivity index (χ2v) is 6.97. The molecule has 0 atom stereocenters. The van der Waals surface area contributed by atoms with Crippen LogP contribution in [0.1, 0.15) is 31.8 Å². The molecule has 0 heterocycles. The number of benzene rings is 4. The number of ether oxygens (including phenoxy) is 1. The van der Waals surface area contributed by atoms with Gasteiger partial charge in [-0.1, -0.05) is 60.7 Å². The summed E-state index contributed by atoms with van der Waals surface area (Å²) in [6, 6.07) is 29.2. The first kappa shape index (κ1) is 17.9. The van der Waals surface area contributed by atoms with Crippen molar-refractivity contribution in [1.29, 1.82) is 0 Å². The third kappa shape index (κ3) is 3.05. The molecule has 4 nitrogen and oxygen atoms in total. The molecule has 5 rings (SSSR count). The summed E-state index contributed by atoms with van der Waals surface area (Å²) in [6.45, 7) is 0. The van der Waals surface area contributed by atoms with Gasteiger partial charge in [-0.15, -0.1) is 0 Å². The van der Waals surface area contributed by atoms with Crippen LogP contribution in [-0.4, -0.2) is 11.6 Å². The van der Waals surface area contributed by atoms with Crippen LogP contribution >= 0.6 is 0 Å². The minimum atomic E-state index is -0.197. The van der Waals surface area contributed by atoms with Crippen LogP contribution in [0.3, 0.4) is 0 Å². The number of anilines is 2. The lowest BCUT2D eigenvalue weighted by Gasteiger charge is -2.23. The van der Waals surface area contributed by atoms with E-state index in [1.54, 1.807) is 36.4 Å². The molecule has 0 saturated heterocycles. The monoisotopic (exact) mass is 391 g/mol. The molecule has 30 heavy (non-hydrogen) atoms. The highest BCUT2D eigenvalue weighted by molar-refractivity contribution is 6.30. The molecule has 1 aliphatic carbocycles. The summed E-state index contributed by atoms with van der Waals surface area (Å²) in [7, 11) is 0. The van der Waals surface area contributed by atoms with E-state index in [0.717, 1.165) is 5.69 Å². The van der Waals surface area contributed by atoms with Crippen molar-refractivity contribution in [2.75, 3.05) is 5.32 Å². The molecule has 1 N–H and O–H groups in total. The lowest BCUT2D eigenvalue weighted by atomic mass is 9.83. The summed E-state index contributed by atoms with van der Waals surface area (Å²) in [5.74, 6) is 0.757. The standard InChI is InChI=1S/C26H17NO3/c28-25-19-13-7-8-14-20(19)26(29)23-21(25)15-16-22(30-18-11-5-2-6-12-18)24(23)27-17-9-3-1-4-10-17/h1-16,27H. The van der Waals surface area contributed by atoms with Crippen LogP contribution in [0, 0.1) is 0 Å². The maximum absolute atomic E-state index is 13.4. The highest BCUT2D eigenvalue weighted by Gasteiger charge is 2.33. The normalized spacial score (nSPS) is 12.1. The minimum absolute atomic E-state index is 0.164. The Morgan fingerprint density at radius 1 is 0.567 bits per heavy atom. The van der Waals surface area contributed by atoms with Gasteiger partial charge < -0.3 is 10.1 Å². The molecule has 0 aliphatic heterocycles. The van der Waals surface area contributed by atoms with Crippen molar-refractivity contribution in [3.05, 3.63) is 119 Å². The zero-order valence-corrected chi connectivity index (χ0v) is 16.0. The van der Waals surface area contributed by atoms with Crippen LogP contribution in [0.2, 0.25) is 0 Å². The van der Waals surface area contributed by atoms with E-state index in [1.807, 2.05) is 60.7 Å². The number of nitrogens with one attached hydrogen (secondary N) is 1. The van der Waals surface area contributed by atoms with Crippen molar-refractivity contribution < 1.29 is 14.3 Å². The van der Waals surface area contributed by atoms with Gasteiger partial charge in [0.25, 0.3) is 0 Å². The second-order valence-electron chi connectivity index (χ2n) is 6.97. The molecule has 4 aromatic carbocycles. The number of ketones is 2. The summed E-state index contributed by atoms with van der Waals surface area (Å²) in [5.41, 5.74) is 2.81. The zero-order chi connectivity index (χ0) is 20.5. The Kier molecular flexibility index (Phi) is 4.37. The summed E-state index contributed by atoms with van der Waals surface area (Å²) >= 11 is 0. The van der Waals surface area contributed by atoms with E-state index < -0.39 is 0 Å². The number of fused-ring (bicyclic) bond motifs is 2. The molecule has 0 radical (unpaired) electrons. The second kappa shape index (κ2) is 7.33. The first-order valence-electron chi connectivity index (χ1n) is 9.63. The van der Waals surface area contributed by atoms with Crippen molar-refractivity contribution in [3.8, 4) is 11.5 Å². The van der Waals surface area contributed by atoms with Gasteiger partial charge in [-0.05, 0) is 36.4 Å². The molecule has 0 unspecified atom stereocenters. The Balaban J connectivity index is 1.70. The molecular formula is C26H17NO3. The van der Waals surface area contributed by atoms with E-state index in [1.165, 1.54) is 0 Å². The number of hydrogen-bond acceptors (Lipinski definition) is 4. The molecule has 0 aromatic heterocycles. The summed E-state index contributed by atoms with van der Waals surface area (Å²) < 4.78 is 6.09. The minimum Gasteiger partial charge on any atom is -0.455 e. The molecule has 0 fully saturated rings. The third-order valence-corrected chi connectivity index (χ3v) is 5.07. The molecule has 1 aliphatic rings. The Hall–Kier alpha value is -4.18. The predicted octanol–water partition coefficient (Wildman–Crippen LogP) is 6.00. The maximum Gasteiger partial charge on any atom is 0.196 e. The molecule has 0 spiro atoms. The average Bonchev–Trinajstić information content (AvgIpc) is 2.80. The first-order valence-corrected chi connectivity index (χ1v) is 9.63. The number of rotatable bonds is 4. The van der Waals surface area contributed by atoms with Crippen LogP contribution in [0.5, 0.6) is 11.5 Å². The van der Waals surface area contributed by atoms with E-state index in [9.17, 15) is 9.59 Å². The molecule has 0 saturated carbocycles. The van der Waals surface area contributed by atoms with E-state index >= 15 is 0 Å². The van der Waals surface area contributed by atoms with Gasteiger partial charge in [0.15, 0.2) is 17.3 Å². The summed E-state index contributed by atoms with van der Waals surface area (Å²) in [6.07, 6.45) is 0. The third-order valence-electron chi connectivity index (χ3n) is 5.07. The molecule has 0 amide bonds. The quantitative estimate of drug-likeness (QED) is 0.408. The van der Waals surface area contributed by atoms with Crippen molar-refractivity contribution in [1.82, 2.24) is 0 Å². The number of carbonyl (C=O) groups excluding carboxylic acids is 2. The first-order chi connectivity index (χ1) is 14.7. The topological polar surface area (TPSA) is 55.4 Å². The molecule has 4 heteroatoms. The predicted molar refractivity (Wildman–Crippen MR) is 116 cm³/mol. The highest BCUT2D eigenvalue weighted by Crippen LogP contribution is 2.40. The maximum atomic E-state index is 13.4. The Morgan fingerprint density at radius 3 is 1.87 bits per heavy atom. The van der Waals surface area contributed by atoms with E-state index in [2.05, 4.69) is 5.32 Å². The van der Waals surface area contributed by atoms with Gasteiger partial charge >= 0.3 is 0 Å². The van der Waals surface area contributed by atoms with Gasteiger partial charge in [-0.2, -0.15) is 0 Å².